The molecule has 1 saturated heterocycles. The molecule has 2 aromatic rings. The third-order valence-electron chi connectivity index (χ3n) is 3.79. The van der Waals surface area contributed by atoms with Gasteiger partial charge in [0.1, 0.15) is 0 Å². The van der Waals surface area contributed by atoms with Gasteiger partial charge in [-0.2, -0.15) is 0 Å². The minimum atomic E-state index is -0.196. The number of likely N-dealkylation sites (tertiary alicyclic amines) is 1. The summed E-state index contributed by atoms with van der Waals surface area (Å²) in [7, 11) is 0. The molecule has 0 saturated carbocycles. The summed E-state index contributed by atoms with van der Waals surface area (Å²) in [4.78, 5) is 18.0. The maximum absolute atomic E-state index is 11.9. The van der Waals surface area contributed by atoms with E-state index < -0.39 is 0 Å². The molecule has 3 rings (SSSR count). The monoisotopic (exact) mass is 319 g/mol. The summed E-state index contributed by atoms with van der Waals surface area (Å²) >= 11 is 1.71. The third-order valence-corrected chi connectivity index (χ3v) is 4.73. The van der Waals surface area contributed by atoms with Gasteiger partial charge in [-0.25, -0.2) is 4.79 Å². The number of ether oxygens (including phenoxy) is 1. The first-order valence-corrected chi connectivity index (χ1v) is 8.56. The van der Waals surface area contributed by atoms with E-state index in [1.807, 2.05) is 32.2 Å². The van der Waals surface area contributed by atoms with Crippen LogP contribution in [0.25, 0.3) is 10.2 Å². The van der Waals surface area contributed by atoms with Crippen molar-refractivity contribution in [3.63, 3.8) is 0 Å². The number of fused-ring (bicyclic) bond motifs is 1. The molecule has 1 amide bonds. The lowest BCUT2D eigenvalue weighted by Gasteiger charge is -2.32. The molecule has 0 radical (unpaired) electrons. The number of aromatic nitrogens is 1. The van der Waals surface area contributed by atoms with E-state index in [1.165, 1.54) is 4.70 Å². The molecule has 0 bridgehead atoms. The van der Waals surface area contributed by atoms with Gasteiger partial charge in [-0.1, -0.05) is 0 Å². The minimum Gasteiger partial charge on any atom is -0.447 e. The van der Waals surface area contributed by atoms with Gasteiger partial charge in [0, 0.05) is 25.3 Å². The fourth-order valence-electron chi connectivity index (χ4n) is 2.69. The van der Waals surface area contributed by atoms with Crippen LogP contribution in [-0.2, 0) is 4.74 Å². The predicted molar refractivity (Wildman–Crippen MR) is 89.5 cm³/mol. The number of thiophene rings is 1. The van der Waals surface area contributed by atoms with Gasteiger partial charge in [-0.15, -0.1) is 11.3 Å². The van der Waals surface area contributed by atoms with Crippen molar-refractivity contribution in [1.82, 2.24) is 9.88 Å². The van der Waals surface area contributed by atoms with Crippen LogP contribution in [-0.4, -0.2) is 41.2 Å². The Morgan fingerprint density at radius 3 is 2.91 bits per heavy atom. The first kappa shape index (κ1) is 15.1. The molecule has 1 aliphatic heterocycles. The highest BCUT2D eigenvalue weighted by atomic mass is 32.1. The van der Waals surface area contributed by atoms with Crippen LogP contribution >= 0.6 is 11.3 Å². The number of nitrogens with one attached hydrogen (secondary N) is 1. The highest BCUT2D eigenvalue weighted by Crippen LogP contribution is 2.28. The summed E-state index contributed by atoms with van der Waals surface area (Å²) < 4.78 is 6.45. The van der Waals surface area contributed by atoms with Gasteiger partial charge in [-0.3, -0.25) is 4.98 Å². The Bertz CT molecular complexity index is 648. The van der Waals surface area contributed by atoms with Gasteiger partial charge in [0.25, 0.3) is 0 Å². The van der Waals surface area contributed by atoms with Crippen molar-refractivity contribution >= 4 is 33.3 Å². The molecular formula is C16H21N3O2S. The lowest BCUT2D eigenvalue weighted by atomic mass is 10.1. The van der Waals surface area contributed by atoms with Crippen LogP contribution in [0.4, 0.5) is 10.5 Å². The molecule has 6 heteroatoms. The molecule has 0 atom stereocenters. The van der Waals surface area contributed by atoms with Gasteiger partial charge in [0.15, 0.2) is 0 Å². The lowest BCUT2D eigenvalue weighted by Crippen LogP contribution is -2.43. The van der Waals surface area contributed by atoms with Gasteiger partial charge in [0.05, 0.1) is 22.0 Å². The SMILES string of the molecule is CC(C)OC(=O)N1CCC(Nc2ccnc3ccsc23)CC1. The Labute approximate surface area is 134 Å². The van der Waals surface area contributed by atoms with Crippen molar-refractivity contribution in [2.75, 3.05) is 18.4 Å². The highest BCUT2D eigenvalue weighted by Gasteiger charge is 2.24. The average molecular weight is 319 g/mol. The van der Waals surface area contributed by atoms with E-state index in [1.54, 1.807) is 16.2 Å². The molecule has 1 fully saturated rings. The van der Waals surface area contributed by atoms with Crippen LogP contribution in [0, 0.1) is 0 Å². The molecule has 5 nitrogen and oxygen atoms in total. The van der Waals surface area contributed by atoms with Crippen molar-refractivity contribution in [2.24, 2.45) is 0 Å². The summed E-state index contributed by atoms with van der Waals surface area (Å²) in [6, 6.07) is 4.45. The Morgan fingerprint density at radius 1 is 1.41 bits per heavy atom. The van der Waals surface area contributed by atoms with Crippen molar-refractivity contribution < 1.29 is 9.53 Å². The molecule has 0 aliphatic carbocycles. The van der Waals surface area contributed by atoms with E-state index in [4.69, 9.17) is 4.74 Å². The molecule has 3 heterocycles. The summed E-state index contributed by atoms with van der Waals surface area (Å²) in [6.45, 7) is 5.23. The van der Waals surface area contributed by atoms with E-state index in [0.29, 0.717) is 6.04 Å². The highest BCUT2D eigenvalue weighted by molar-refractivity contribution is 7.17. The Balaban J connectivity index is 1.58. The molecule has 0 unspecified atom stereocenters. The van der Waals surface area contributed by atoms with Crippen LogP contribution in [0.1, 0.15) is 26.7 Å². The van der Waals surface area contributed by atoms with Crippen molar-refractivity contribution in [3.05, 3.63) is 23.7 Å². The zero-order valence-electron chi connectivity index (χ0n) is 12.9. The zero-order valence-corrected chi connectivity index (χ0v) is 13.7. The maximum Gasteiger partial charge on any atom is 0.410 e. The van der Waals surface area contributed by atoms with E-state index in [0.717, 1.165) is 37.1 Å². The third kappa shape index (κ3) is 3.32. The van der Waals surface area contributed by atoms with Gasteiger partial charge >= 0.3 is 6.09 Å². The van der Waals surface area contributed by atoms with E-state index in [-0.39, 0.29) is 12.2 Å². The lowest BCUT2D eigenvalue weighted by molar-refractivity contribution is 0.0701. The first-order valence-electron chi connectivity index (χ1n) is 7.68. The number of pyridine rings is 1. The summed E-state index contributed by atoms with van der Waals surface area (Å²) in [5, 5.41) is 5.66. The minimum absolute atomic E-state index is 0.0627. The number of anilines is 1. The summed E-state index contributed by atoms with van der Waals surface area (Å²) in [6.07, 6.45) is 3.45. The molecule has 0 aromatic carbocycles. The first-order chi connectivity index (χ1) is 10.6. The number of nitrogens with zero attached hydrogens (tertiary/aromatic N) is 2. The Hall–Kier alpha value is -1.82. The molecule has 2 aromatic heterocycles. The quantitative estimate of drug-likeness (QED) is 0.937. The number of piperidine rings is 1. The maximum atomic E-state index is 11.9. The largest absolute Gasteiger partial charge is 0.447 e. The fourth-order valence-corrected chi connectivity index (χ4v) is 3.52. The molecule has 1 N–H and O–H groups in total. The fraction of sp³-hybridized carbons (Fsp3) is 0.500. The van der Waals surface area contributed by atoms with Crippen LogP contribution in [0.3, 0.4) is 0 Å². The molecule has 22 heavy (non-hydrogen) atoms. The second-order valence-corrected chi connectivity index (χ2v) is 6.75. The summed E-state index contributed by atoms with van der Waals surface area (Å²) in [5.41, 5.74) is 2.18. The number of hydrogen-bond donors (Lipinski definition) is 1. The van der Waals surface area contributed by atoms with Crippen LogP contribution in [0.5, 0.6) is 0 Å². The van der Waals surface area contributed by atoms with Crippen LogP contribution in [0.2, 0.25) is 0 Å². The van der Waals surface area contributed by atoms with E-state index in [2.05, 4.69) is 15.7 Å². The molecule has 118 valence electrons. The van der Waals surface area contributed by atoms with Crippen molar-refractivity contribution in [3.8, 4) is 0 Å². The van der Waals surface area contributed by atoms with Crippen LogP contribution < -0.4 is 5.32 Å². The average Bonchev–Trinajstić information content (AvgIpc) is 2.97. The molecular weight excluding hydrogens is 298 g/mol. The van der Waals surface area contributed by atoms with E-state index in [9.17, 15) is 4.79 Å². The van der Waals surface area contributed by atoms with Crippen LogP contribution in [0.15, 0.2) is 23.7 Å². The number of rotatable bonds is 3. The topological polar surface area (TPSA) is 54.5 Å². The Morgan fingerprint density at radius 2 is 2.18 bits per heavy atom. The molecule has 1 aliphatic rings. The second kappa shape index (κ2) is 6.52. The smallest absolute Gasteiger partial charge is 0.410 e. The number of carbonyl (C=O) groups is 1. The van der Waals surface area contributed by atoms with E-state index >= 15 is 0 Å². The second-order valence-electron chi connectivity index (χ2n) is 5.83. The van der Waals surface area contributed by atoms with Gasteiger partial charge in [-0.05, 0) is 44.2 Å². The normalized spacial score (nSPS) is 16.2. The van der Waals surface area contributed by atoms with Crippen molar-refractivity contribution in [1.29, 1.82) is 0 Å². The molecule has 0 spiro atoms. The van der Waals surface area contributed by atoms with Crippen molar-refractivity contribution in [2.45, 2.75) is 38.8 Å². The number of hydrogen-bond acceptors (Lipinski definition) is 5. The zero-order chi connectivity index (χ0) is 15.5. The van der Waals surface area contributed by atoms with Gasteiger partial charge < -0.3 is 15.0 Å². The van der Waals surface area contributed by atoms with Gasteiger partial charge in [0.2, 0.25) is 0 Å². The standard InChI is InChI=1S/C16H21N3O2S/c1-11(2)21-16(20)19-8-4-12(5-9-19)18-14-3-7-17-13-6-10-22-15(13)14/h3,6-7,10-12H,4-5,8-9H2,1-2H3,(H,17,18). The number of carbonyl (C=O) groups excluding carboxylic acids is 1. The predicted octanol–water partition coefficient (Wildman–Crippen LogP) is 3.72. The summed E-state index contributed by atoms with van der Waals surface area (Å²) in [5.74, 6) is 0. The number of amides is 1. The Kier molecular flexibility index (Phi) is 4.47.